The van der Waals surface area contributed by atoms with E-state index in [9.17, 15) is 9.59 Å². The lowest BCUT2D eigenvalue weighted by Gasteiger charge is -2.29. The van der Waals surface area contributed by atoms with Crippen LogP contribution in [-0.2, 0) is 9.59 Å². The molecule has 0 aliphatic heterocycles. The number of aliphatic hydroxyl groups is 1. The number of allylic oxidation sites excluding steroid dienone is 2. The second-order valence-corrected chi connectivity index (χ2v) is 5.35. The normalized spacial score (nSPS) is 20.1. The third-order valence-corrected chi connectivity index (χ3v) is 2.97. The Balaban J connectivity index is 2.89. The monoisotopic (exact) mass is 224 g/mol. The molecule has 0 radical (unpaired) electrons. The van der Waals surface area contributed by atoms with Crippen molar-refractivity contribution in [2.24, 2.45) is 5.41 Å². The van der Waals surface area contributed by atoms with Gasteiger partial charge in [0.25, 0.3) is 0 Å². The molecule has 0 spiro atoms. The lowest BCUT2D eigenvalue weighted by molar-refractivity contribution is -0.127. The van der Waals surface area contributed by atoms with Gasteiger partial charge in [0, 0.05) is 19.4 Å². The van der Waals surface area contributed by atoms with Gasteiger partial charge in [0.15, 0.2) is 11.6 Å². The molecule has 3 heteroatoms. The summed E-state index contributed by atoms with van der Waals surface area (Å²) in [6, 6.07) is 0. The van der Waals surface area contributed by atoms with Crippen LogP contribution < -0.4 is 0 Å². The first-order chi connectivity index (χ1) is 7.37. The molecule has 1 aliphatic carbocycles. The predicted octanol–water partition coefficient (Wildman–Crippen LogP) is 2.03. The van der Waals surface area contributed by atoms with Crippen molar-refractivity contribution < 1.29 is 14.7 Å². The Kier molecular flexibility index (Phi) is 4.03. The zero-order chi connectivity index (χ0) is 12.3. The van der Waals surface area contributed by atoms with E-state index in [1.807, 2.05) is 20.8 Å². The Labute approximate surface area is 96.5 Å². The van der Waals surface area contributed by atoms with E-state index in [0.29, 0.717) is 31.3 Å². The third-order valence-electron chi connectivity index (χ3n) is 2.97. The van der Waals surface area contributed by atoms with Crippen molar-refractivity contribution in [2.75, 3.05) is 6.61 Å². The first kappa shape index (κ1) is 13.1. The summed E-state index contributed by atoms with van der Waals surface area (Å²) in [5.41, 5.74) is 1.03. The van der Waals surface area contributed by atoms with Crippen molar-refractivity contribution in [3.63, 3.8) is 0 Å². The minimum absolute atomic E-state index is 0.0308. The molecular formula is C13H20O3. The number of hydrogen-bond donors (Lipinski definition) is 1. The summed E-state index contributed by atoms with van der Waals surface area (Å²) < 4.78 is 0. The zero-order valence-corrected chi connectivity index (χ0v) is 10.3. The van der Waals surface area contributed by atoms with Gasteiger partial charge in [0.2, 0.25) is 0 Å². The van der Waals surface area contributed by atoms with Crippen molar-refractivity contribution >= 4 is 11.6 Å². The molecule has 3 nitrogen and oxygen atoms in total. The predicted molar refractivity (Wildman–Crippen MR) is 62.0 cm³/mol. The number of hydrogen-bond acceptors (Lipinski definition) is 3. The minimum atomic E-state index is -0.199. The molecule has 0 bridgehead atoms. The van der Waals surface area contributed by atoms with Crippen LogP contribution in [-0.4, -0.2) is 23.3 Å². The maximum atomic E-state index is 11.9. The SMILES string of the molecule is CC(CCCO)=C1C(=O)CC(C)(C)CC1=O. The van der Waals surface area contributed by atoms with Gasteiger partial charge in [0.05, 0.1) is 5.57 Å². The average Bonchev–Trinajstić information content (AvgIpc) is 2.11. The second kappa shape index (κ2) is 4.91. The average molecular weight is 224 g/mol. The van der Waals surface area contributed by atoms with Gasteiger partial charge in [-0.05, 0) is 25.2 Å². The summed E-state index contributed by atoms with van der Waals surface area (Å²) in [4.78, 5) is 23.8. The standard InChI is InChI=1S/C13H20O3/c1-9(5-4-6-14)12-10(15)7-13(2,3)8-11(12)16/h14H,4-8H2,1-3H3. The van der Waals surface area contributed by atoms with Gasteiger partial charge in [0.1, 0.15) is 0 Å². The van der Waals surface area contributed by atoms with Crippen LogP contribution in [0.1, 0.15) is 46.5 Å². The van der Waals surface area contributed by atoms with E-state index in [2.05, 4.69) is 0 Å². The van der Waals surface area contributed by atoms with E-state index in [1.165, 1.54) is 0 Å². The number of Topliss-reactive ketones (excluding diaryl/α,β-unsaturated/α-hetero) is 2. The molecule has 90 valence electrons. The van der Waals surface area contributed by atoms with Crippen LogP contribution in [0.4, 0.5) is 0 Å². The largest absolute Gasteiger partial charge is 0.396 e. The summed E-state index contributed by atoms with van der Waals surface area (Å²) in [6.45, 7) is 5.81. The van der Waals surface area contributed by atoms with Gasteiger partial charge in [-0.25, -0.2) is 0 Å². The van der Waals surface area contributed by atoms with Crippen molar-refractivity contribution in [3.8, 4) is 0 Å². The Morgan fingerprint density at radius 3 is 2.19 bits per heavy atom. The first-order valence-electron chi connectivity index (χ1n) is 5.74. The fourth-order valence-electron chi connectivity index (χ4n) is 2.21. The van der Waals surface area contributed by atoms with E-state index in [-0.39, 0.29) is 23.6 Å². The van der Waals surface area contributed by atoms with Gasteiger partial charge >= 0.3 is 0 Å². The quantitative estimate of drug-likeness (QED) is 0.589. The van der Waals surface area contributed by atoms with Gasteiger partial charge in [-0.1, -0.05) is 19.4 Å². The molecule has 1 saturated carbocycles. The maximum Gasteiger partial charge on any atom is 0.166 e. The third kappa shape index (κ3) is 3.01. The molecule has 0 aromatic carbocycles. The van der Waals surface area contributed by atoms with Crippen LogP contribution in [0.5, 0.6) is 0 Å². The zero-order valence-electron chi connectivity index (χ0n) is 10.3. The molecule has 0 atom stereocenters. The molecular weight excluding hydrogens is 204 g/mol. The van der Waals surface area contributed by atoms with Gasteiger partial charge in [-0.3, -0.25) is 9.59 Å². The number of rotatable bonds is 3. The van der Waals surface area contributed by atoms with Crippen LogP contribution >= 0.6 is 0 Å². The highest BCUT2D eigenvalue weighted by Gasteiger charge is 2.36. The second-order valence-electron chi connectivity index (χ2n) is 5.35. The van der Waals surface area contributed by atoms with Gasteiger partial charge in [-0.15, -0.1) is 0 Å². The lowest BCUT2D eigenvalue weighted by atomic mass is 9.73. The topological polar surface area (TPSA) is 54.4 Å². The molecule has 0 aromatic rings. The summed E-state index contributed by atoms with van der Waals surface area (Å²) in [7, 11) is 0. The summed E-state index contributed by atoms with van der Waals surface area (Å²) in [5, 5.41) is 8.74. The molecule has 0 amide bonds. The number of aliphatic hydroxyl groups excluding tert-OH is 1. The molecule has 1 aliphatic rings. The van der Waals surface area contributed by atoms with E-state index in [0.717, 1.165) is 5.57 Å². The van der Waals surface area contributed by atoms with Crippen molar-refractivity contribution in [1.29, 1.82) is 0 Å². The number of ketones is 2. The van der Waals surface area contributed by atoms with E-state index in [1.54, 1.807) is 0 Å². The smallest absolute Gasteiger partial charge is 0.166 e. The van der Waals surface area contributed by atoms with E-state index >= 15 is 0 Å². The summed E-state index contributed by atoms with van der Waals surface area (Å²) >= 11 is 0. The molecule has 0 heterocycles. The number of carbonyl (C=O) groups excluding carboxylic acids is 2. The van der Waals surface area contributed by atoms with Gasteiger partial charge < -0.3 is 5.11 Å². The van der Waals surface area contributed by atoms with Crippen molar-refractivity contribution in [1.82, 2.24) is 0 Å². The summed E-state index contributed by atoms with van der Waals surface area (Å²) in [5.74, 6) is -0.0617. The Bertz CT molecular complexity index is 315. The van der Waals surface area contributed by atoms with Crippen LogP contribution in [0.25, 0.3) is 0 Å². The highest BCUT2D eigenvalue weighted by molar-refractivity contribution is 6.22. The molecule has 1 N–H and O–H groups in total. The molecule has 0 saturated heterocycles. The molecule has 0 aromatic heterocycles. The first-order valence-corrected chi connectivity index (χ1v) is 5.74. The van der Waals surface area contributed by atoms with Crippen LogP contribution in [0.3, 0.4) is 0 Å². The van der Waals surface area contributed by atoms with Crippen LogP contribution in [0.2, 0.25) is 0 Å². The molecule has 16 heavy (non-hydrogen) atoms. The number of carbonyl (C=O) groups is 2. The summed E-state index contributed by atoms with van der Waals surface area (Å²) in [6.07, 6.45) is 2.14. The fourth-order valence-corrected chi connectivity index (χ4v) is 2.21. The molecule has 0 unspecified atom stereocenters. The highest BCUT2D eigenvalue weighted by atomic mass is 16.3. The maximum absolute atomic E-state index is 11.9. The minimum Gasteiger partial charge on any atom is -0.396 e. The van der Waals surface area contributed by atoms with Gasteiger partial charge in [-0.2, -0.15) is 0 Å². The van der Waals surface area contributed by atoms with E-state index < -0.39 is 0 Å². The highest BCUT2D eigenvalue weighted by Crippen LogP contribution is 2.35. The Morgan fingerprint density at radius 2 is 1.75 bits per heavy atom. The van der Waals surface area contributed by atoms with Crippen LogP contribution in [0.15, 0.2) is 11.1 Å². The lowest BCUT2D eigenvalue weighted by Crippen LogP contribution is -2.32. The van der Waals surface area contributed by atoms with Crippen LogP contribution in [0, 0.1) is 5.41 Å². The molecule has 1 rings (SSSR count). The Hall–Kier alpha value is -0.960. The van der Waals surface area contributed by atoms with Crippen molar-refractivity contribution in [2.45, 2.75) is 46.5 Å². The fraction of sp³-hybridized carbons (Fsp3) is 0.692. The van der Waals surface area contributed by atoms with E-state index in [4.69, 9.17) is 5.11 Å². The molecule has 1 fully saturated rings. The Morgan fingerprint density at radius 1 is 1.25 bits per heavy atom. The van der Waals surface area contributed by atoms with Crippen molar-refractivity contribution in [3.05, 3.63) is 11.1 Å².